The maximum Gasteiger partial charge on any atom is 0.119 e. The second-order valence-corrected chi connectivity index (χ2v) is 5.98. The first-order chi connectivity index (χ1) is 10.1. The van der Waals surface area contributed by atoms with Gasteiger partial charge < -0.3 is 4.74 Å². The molecule has 0 saturated heterocycles. The predicted molar refractivity (Wildman–Crippen MR) is 90.5 cm³/mol. The lowest BCUT2D eigenvalue weighted by Crippen LogP contribution is -2.29. The summed E-state index contributed by atoms with van der Waals surface area (Å²) in [6, 6.07) is 13.8. The summed E-state index contributed by atoms with van der Waals surface area (Å²) in [6.07, 6.45) is 0.719. The normalized spacial score (nSPS) is 12.2. The van der Waals surface area contributed by atoms with Crippen LogP contribution < -0.4 is 16.0 Å². The topological polar surface area (TPSA) is 47.3 Å². The molecule has 0 aliphatic rings. The maximum absolute atomic E-state index is 6.27. The molecule has 0 heterocycles. The van der Waals surface area contributed by atoms with E-state index >= 15 is 0 Å². The number of nitrogens with two attached hydrogens (primary N) is 1. The fourth-order valence-electron chi connectivity index (χ4n) is 2.14. The first kappa shape index (κ1) is 16.3. The Kier molecular flexibility index (Phi) is 6.06. The Morgan fingerprint density at radius 3 is 2.52 bits per heavy atom. The largest absolute Gasteiger partial charge is 0.494 e. The van der Waals surface area contributed by atoms with Crippen LogP contribution in [0.5, 0.6) is 5.75 Å². The van der Waals surface area contributed by atoms with E-state index in [1.165, 1.54) is 0 Å². The molecule has 3 N–H and O–H groups in total. The molecule has 0 bridgehead atoms. The van der Waals surface area contributed by atoms with E-state index in [1.54, 1.807) is 0 Å². The van der Waals surface area contributed by atoms with Gasteiger partial charge in [-0.1, -0.05) is 45.7 Å². The fraction of sp³-hybridized carbons (Fsp3) is 0.250. The Labute approximate surface area is 138 Å². The van der Waals surface area contributed by atoms with Crippen LogP contribution in [0.15, 0.2) is 46.9 Å². The lowest BCUT2D eigenvalue weighted by molar-refractivity contribution is 0.340. The molecule has 3 nitrogen and oxygen atoms in total. The summed E-state index contributed by atoms with van der Waals surface area (Å²) in [5.74, 6) is 6.56. The summed E-state index contributed by atoms with van der Waals surface area (Å²) >= 11 is 9.67. The summed E-state index contributed by atoms with van der Waals surface area (Å²) in [5, 5.41) is 0.732. The number of rotatable bonds is 6. The van der Waals surface area contributed by atoms with Crippen molar-refractivity contribution in [1.82, 2.24) is 5.43 Å². The molecule has 112 valence electrons. The summed E-state index contributed by atoms with van der Waals surface area (Å²) < 4.78 is 6.41. The summed E-state index contributed by atoms with van der Waals surface area (Å²) in [6.45, 7) is 2.63. The Balaban J connectivity index is 2.15. The number of hydrazine groups is 1. The standard InChI is InChI=1S/C16H18BrClN2O/c1-2-21-14-7-4-11(5-8-14)16(20-19)9-12-3-6-13(17)10-15(12)18/h3-8,10,16,20H,2,9,19H2,1H3. The highest BCUT2D eigenvalue weighted by Crippen LogP contribution is 2.27. The summed E-state index contributed by atoms with van der Waals surface area (Å²) in [4.78, 5) is 0. The van der Waals surface area contributed by atoms with Crippen molar-refractivity contribution in [1.29, 1.82) is 0 Å². The van der Waals surface area contributed by atoms with Gasteiger partial charge in [-0.05, 0) is 48.7 Å². The van der Waals surface area contributed by atoms with E-state index in [2.05, 4.69) is 21.4 Å². The van der Waals surface area contributed by atoms with Gasteiger partial charge in [0.05, 0.1) is 12.6 Å². The van der Waals surface area contributed by atoms with Crippen LogP contribution in [-0.4, -0.2) is 6.61 Å². The van der Waals surface area contributed by atoms with Crippen molar-refractivity contribution < 1.29 is 4.74 Å². The quantitative estimate of drug-likeness (QED) is 0.591. The van der Waals surface area contributed by atoms with Gasteiger partial charge in [0.25, 0.3) is 0 Å². The van der Waals surface area contributed by atoms with Gasteiger partial charge in [0, 0.05) is 9.50 Å². The molecule has 21 heavy (non-hydrogen) atoms. The van der Waals surface area contributed by atoms with E-state index in [-0.39, 0.29) is 6.04 Å². The van der Waals surface area contributed by atoms with Crippen molar-refractivity contribution in [2.75, 3.05) is 6.61 Å². The number of halogens is 2. The monoisotopic (exact) mass is 368 g/mol. The molecule has 0 saturated carbocycles. The fourth-order valence-corrected chi connectivity index (χ4v) is 2.89. The minimum absolute atomic E-state index is 0.000600. The van der Waals surface area contributed by atoms with Crippen LogP contribution in [0.3, 0.4) is 0 Å². The number of ether oxygens (including phenoxy) is 1. The van der Waals surface area contributed by atoms with Crippen molar-refractivity contribution in [2.45, 2.75) is 19.4 Å². The van der Waals surface area contributed by atoms with E-state index in [4.69, 9.17) is 22.2 Å². The molecule has 5 heteroatoms. The zero-order chi connectivity index (χ0) is 15.2. The molecule has 0 aliphatic carbocycles. The van der Waals surface area contributed by atoms with Gasteiger partial charge in [0.15, 0.2) is 0 Å². The number of hydrogen-bond donors (Lipinski definition) is 2. The lowest BCUT2D eigenvalue weighted by Gasteiger charge is -2.18. The van der Waals surface area contributed by atoms with E-state index in [0.717, 1.165) is 32.8 Å². The molecule has 0 radical (unpaired) electrons. The first-order valence-electron chi connectivity index (χ1n) is 6.77. The molecule has 2 aromatic rings. The van der Waals surface area contributed by atoms with Crippen molar-refractivity contribution in [3.63, 3.8) is 0 Å². The number of nitrogens with one attached hydrogen (secondary N) is 1. The van der Waals surface area contributed by atoms with Crippen molar-refractivity contribution in [3.05, 3.63) is 63.1 Å². The van der Waals surface area contributed by atoms with Crippen LogP contribution in [0.25, 0.3) is 0 Å². The number of hydrogen-bond acceptors (Lipinski definition) is 3. The molecule has 0 spiro atoms. The molecule has 2 aromatic carbocycles. The molecule has 0 aromatic heterocycles. The average molecular weight is 370 g/mol. The van der Waals surface area contributed by atoms with E-state index < -0.39 is 0 Å². The molecular formula is C16H18BrClN2O. The van der Waals surface area contributed by atoms with Crippen LogP contribution in [-0.2, 0) is 6.42 Å². The summed E-state index contributed by atoms with van der Waals surface area (Å²) in [7, 11) is 0. The van der Waals surface area contributed by atoms with Crippen LogP contribution in [0, 0.1) is 0 Å². The van der Waals surface area contributed by atoms with E-state index in [9.17, 15) is 0 Å². The zero-order valence-corrected chi connectivity index (χ0v) is 14.1. The first-order valence-corrected chi connectivity index (χ1v) is 7.94. The zero-order valence-electron chi connectivity index (χ0n) is 11.8. The molecule has 1 unspecified atom stereocenters. The van der Waals surface area contributed by atoms with Gasteiger partial charge in [0.1, 0.15) is 5.75 Å². The Morgan fingerprint density at radius 2 is 1.95 bits per heavy atom. The highest BCUT2D eigenvalue weighted by Gasteiger charge is 2.13. The molecule has 1 atom stereocenters. The highest BCUT2D eigenvalue weighted by atomic mass is 79.9. The molecule has 0 aliphatic heterocycles. The molecule has 0 amide bonds. The second kappa shape index (κ2) is 7.80. The third-order valence-electron chi connectivity index (χ3n) is 3.23. The van der Waals surface area contributed by atoms with Crippen molar-refractivity contribution in [3.8, 4) is 5.75 Å². The minimum atomic E-state index is -0.000600. The van der Waals surface area contributed by atoms with Gasteiger partial charge >= 0.3 is 0 Å². The Morgan fingerprint density at radius 1 is 1.24 bits per heavy atom. The van der Waals surface area contributed by atoms with Gasteiger partial charge in [-0.2, -0.15) is 0 Å². The molecule has 0 fully saturated rings. The molecular weight excluding hydrogens is 352 g/mol. The van der Waals surface area contributed by atoms with Crippen LogP contribution >= 0.6 is 27.5 Å². The van der Waals surface area contributed by atoms with E-state index in [1.807, 2.05) is 49.4 Å². The third kappa shape index (κ3) is 4.45. The maximum atomic E-state index is 6.27. The second-order valence-electron chi connectivity index (χ2n) is 4.66. The number of benzene rings is 2. The SMILES string of the molecule is CCOc1ccc(C(Cc2ccc(Br)cc2Cl)NN)cc1. The van der Waals surface area contributed by atoms with Crippen LogP contribution in [0.1, 0.15) is 24.1 Å². The van der Waals surface area contributed by atoms with Crippen molar-refractivity contribution >= 4 is 27.5 Å². The van der Waals surface area contributed by atoms with Crippen molar-refractivity contribution in [2.24, 2.45) is 5.84 Å². The van der Waals surface area contributed by atoms with Crippen LogP contribution in [0.2, 0.25) is 5.02 Å². The molecule has 2 rings (SSSR count). The minimum Gasteiger partial charge on any atom is -0.494 e. The predicted octanol–water partition coefficient (Wildman–Crippen LogP) is 4.25. The van der Waals surface area contributed by atoms with Gasteiger partial charge in [-0.3, -0.25) is 11.3 Å². The van der Waals surface area contributed by atoms with E-state index in [0.29, 0.717) is 6.61 Å². The Hall–Kier alpha value is -1.07. The van der Waals surface area contributed by atoms with Gasteiger partial charge in [0.2, 0.25) is 0 Å². The van der Waals surface area contributed by atoms with Gasteiger partial charge in [-0.25, -0.2) is 0 Å². The average Bonchev–Trinajstić information content (AvgIpc) is 2.48. The smallest absolute Gasteiger partial charge is 0.119 e. The lowest BCUT2D eigenvalue weighted by atomic mass is 9.99. The van der Waals surface area contributed by atoms with Gasteiger partial charge in [-0.15, -0.1) is 0 Å². The highest BCUT2D eigenvalue weighted by molar-refractivity contribution is 9.10. The Bertz CT molecular complexity index is 589. The third-order valence-corrected chi connectivity index (χ3v) is 4.08. The summed E-state index contributed by atoms with van der Waals surface area (Å²) in [5.41, 5.74) is 5.00. The van der Waals surface area contributed by atoms with Crippen LogP contribution in [0.4, 0.5) is 0 Å².